The molecule has 0 aliphatic carbocycles. The van der Waals surface area contributed by atoms with Crippen LogP contribution < -0.4 is 5.32 Å². The van der Waals surface area contributed by atoms with Crippen LogP contribution in [0.1, 0.15) is 35.2 Å². The summed E-state index contributed by atoms with van der Waals surface area (Å²) in [4.78, 5) is 12.1. The maximum atomic E-state index is 13.5. The first-order valence-corrected chi connectivity index (χ1v) is 10.9. The number of amides is 1. The van der Waals surface area contributed by atoms with E-state index in [4.69, 9.17) is 0 Å². The van der Waals surface area contributed by atoms with E-state index in [1.807, 2.05) is 0 Å². The predicted molar refractivity (Wildman–Crippen MR) is 104 cm³/mol. The molecular weight excluding hydrogens is 440 g/mol. The zero-order valence-electron chi connectivity index (χ0n) is 16.2. The quantitative estimate of drug-likeness (QED) is 0.529. The summed E-state index contributed by atoms with van der Waals surface area (Å²) in [5.41, 5.74) is -0.763. The van der Waals surface area contributed by atoms with Gasteiger partial charge in [0, 0.05) is 42.0 Å². The van der Waals surface area contributed by atoms with Crippen molar-refractivity contribution in [2.24, 2.45) is 0 Å². The Morgan fingerprint density at radius 1 is 1.13 bits per heavy atom. The number of anilines is 1. The van der Waals surface area contributed by atoms with Gasteiger partial charge >= 0.3 is 0 Å². The van der Waals surface area contributed by atoms with E-state index in [0.29, 0.717) is 31.4 Å². The van der Waals surface area contributed by atoms with Crippen LogP contribution in [0, 0.1) is 17.5 Å². The van der Waals surface area contributed by atoms with Gasteiger partial charge in [-0.15, -0.1) is 0 Å². The molecule has 0 spiro atoms. The molecule has 0 saturated carbocycles. The Kier molecular flexibility index (Phi) is 6.97. The van der Waals surface area contributed by atoms with Crippen molar-refractivity contribution in [3.63, 3.8) is 0 Å². The Morgan fingerprint density at radius 3 is 2.45 bits per heavy atom. The van der Waals surface area contributed by atoms with Crippen molar-refractivity contribution in [1.29, 1.82) is 0 Å². The van der Waals surface area contributed by atoms with Crippen molar-refractivity contribution in [2.45, 2.75) is 36.9 Å². The Morgan fingerprint density at radius 2 is 1.81 bits per heavy atom. The second-order valence-corrected chi connectivity index (χ2v) is 9.08. The number of nitrogens with one attached hydrogen (secondary N) is 1. The summed E-state index contributed by atoms with van der Waals surface area (Å²) in [5, 5.41) is 12.1. The molecule has 168 valence electrons. The summed E-state index contributed by atoms with van der Waals surface area (Å²) in [6, 6.07) is 4.40. The first-order valence-electron chi connectivity index (χ1n) is 9.46. The van der Waals surface area contributed by atoms with Crippen molar-refractivity contribution in [2.75, 3.05) is 18.4 Å². The lowest BCUT2D eigenvalue weighted by molar-refractivity contribution is 0.102. The lowest BCUT2D eigenvalue weighted by Crippen LogP contribution is -2.37. The molecule has 2 aromatic rings. The van der Waals surface area contributed by atoms with Crippen molar-refractivity contribution < 1.29 is 35.9 Å². The third-order valence-corrected chi connectivity index (χ3v) is 6.89. The predicted octanol–water partition coefficient (Wildman–Crippen LogP) is 3.36. The van der Waals surface area contributed by atoms with Gasteiger partial charge in [-0.05, 0) is 31.4 Å². The van der Waals surface area contributed by atoms with Gasteiger partial charge in [-0.25, -0.2) is 26.0 Å². The minimum atomic E-state index is -4.23. The zero-order chi connectivity index (χ0) is 22.8. The maximum absolute atomic E-state index is 13.5. The van der Waals surface area contributed by atoms with Crippen LogP contribution in [0.5, 0.6) is 0 Å². The fraction of sp³-hybridized carbons (Fsp3) is 0.350. The van der Waals surface area contributed by atoms with E-state index in [9.17, 15) is 35.9 Å². The second-order valence-electron chi connectivity index (χ2n) is 7.18. The fourth-order valence-electron chi connectivity index (χ4n) is 3.32. The molecule has 1 saturated heterocycles. The van der Waals surface area contributed by atoms with E-state index < -0.39 is 51.1 Å². The molecule has 1 heterocycles. The molecule has 1 atom stereocenters. The molecule has 11 heteroatoms. The van der Waals surface area contributed by atoms with Crippen LogP contribution in [0.4, 0.5) is 23.2 Å². The number of carbonyl (C=O) groups is 1. The molecule has 3 rings (SSSR count). The average molecular weight is 460 g/mol. The van der Waals surface area contributed by atoms with E-state index in [1.165, 1.54) is 0 Å². The number of benzene rings is 2. The smallest absolute Gasteiger partial charge is 0.255 e. The minimum Gasteiger partial charge on any atom is -0.392 e. The van der Waals surface area contributed by atoms with Crippen molar-refractivity contribution in [3.05, 3.63) is 58.9 Å². The maximum Gasteiger partial charge on any atom is 0.255 e. The molecule has 2 N–H and O–H groups in total. The van der Waals surface area contributed by atoms with Crippen LogP contribution in [0.2, 0.25) is 0 Å². The Balaban J connectivity index is 1.93. The summed E-state index contributed by atoms with van der Waals surface area (Å²) >= 11 is 0. The van der Waals surface area contributed by atoms with Crippen LogP contribution >= 0.6 is 0 Å². The van der Waals surface area contributed by atoms with E-state index in [2.05, 4.69) is 5.32 Å². The standard InChI is InChI=1S/C20H20F4N2O4S/c21-10-13-5-4-12(20(28)25-14-8-16(22)19(24)17(23)9-14)7-18(13)31(29,30)26-6-2-1-3-15(27)11-26/h4-5,7-9,15,27H,1-3,6,10-11H2,(H,25,28). The van der Waals surface area contributed by atoms with Gasteiger partial charge < -0.3 is 10.4 Å². The number of rotatable bonds is 5. The summed E-state index contributed by atoms with van der Waals surface area (Å²) in [6.07, 6.45) is 0.732. The van der Waals surface area contributed by atoms with Gasteiger partial charge in [0.25, 0.3) is 5.91 Å². The number of sulfonamides is 1. The first-order chi connectivity index (χ1) is 14.6. The van der Waals surface area contributed by atoms with Gasteiger partial charge in [0.05, 0.1) is 11.0 Å². The first kappa shape index (κ1) is 23.2. The summed E-state index contributed by atoms with van der Waals surface area (Å²) in [6.45, 7) is -1.13. The number of alkyl halides is 1. The van der Waals surface area contributed by atoms with Gasteiger partial charge in [-0.2, -0.15) is 4.31 Å². The van der Waals surface area contributed by atoms with Gasteiger partial charge in [-0.1, -0.05) is 6.07 Å². The van der Waals surface area contributed by atoms with Crippen molar-refractivity contribution in [3.8, 4) is 0 Å². The molecule has 1 aliphatic heterocycles. The lowest BCUT2D eigenvalue weighted by Gasteiger charge is -2.23. The molecule has 1 unspecified atom stereocenters. The monoisotopic (exact) mass is 460 g/mol. The topological polar surface area (TPSA) is 86.7 Å². The molecule has 6 nitrogen and oxygen atoms in total. The van der Waals surface area contributed by atoms with Crippen LogP contribution in [0.25, 0.3) is 0 Å². The lowest BCUT2D eigenvalue weighted by atomic mass is 10.1. The van der Waals surface area contributed by atoms with Crippen LogP contribution in [-0.4, -0.2) is 42.9 Å². The van der Waals surface area contributed by atoms with Crippen molar-refractivity contribution >= 4 is 21.6 Å². The highest BCUT2D eigenvalue weighted by molar-refractivity contribution is 7.89. The van der Waals surface area contributed by atoms with Gasteiger partial charge in [-0.3, -0.25) is 4.79 Å². The second kappa shape index (κ2) is 9.33. The Hall–Kier alpha value is -2.50. The Bertz CT molecular complexity index is 1070. The summed E-state index contributed by atoms with van der Waals surface area (Å²) in [5.74, 6) is -5.64. The zero-order valence-corrected chi connectivity index (χ0v) is 17.1. The molecule has 0 radical (unpaired) electrons. The number of nitrogens with zero attached hydrogens (tertiary/aromatic N) is 1. The highest BCUT2D eigenvalue weighted by Gasteiger charge is 2.31. The highest BCUT2D eigenvalue weighted by atomic mass is 32.2. The van der Waals surface area contributed by atoms with E-state index >= 15 is 0 Å². The Labute approximate surface area is 176 Å². The average Bonchev–Trinajstić information content (AvgIpc) is 2.96. The fourth-order valence-corrected chi connectivity index (χ4v) is 5.07. The molecule has 31 heavy (non-hydrogen) atoms. The third kappa shape index (κ3) is 5.05. The molecule has 0 bridgehead atoms. The summed E-state index contributed by atoms with van der Waals surface area (Å²) < 4.78 is 80.6. The number of aliphatic hydroxyl groups excluding tert-OH is 1. The number of β-amino-alcohol motifs (C(OH)–C–C–N with tert-alkyl or cyclic N) is 1. The molecule has 1 aliphatic rings. The van der Waals surface area contributed by atoms with E-state index in [-0.39, 0.29) is 29.9 Å². The van der Waals surface area contributed by atoms with E-state index in [0.717, 1.165) is 22.5 Å². The number of carbonyl (C=O) groups excluding carboxylic acids is 1. The largest absolute Gasteiger partial charge is 0.392 e. The number of hydrogen-bond donors (Lipinski definition) is 2. The number of halogens is 4. The van der Waals surface area contributed by atoms with Crippen LogP contribution in [-0.2, 0) is 16.7 Å². The third-order valence-electron chi connectivity index (χ3n) is 4.94. The van der Waals surface area contributed by atoms with Crippen molar-refractivity contribution in [1.82, 2.24) is 4.31 Å². The van der Waals surface area contributed by atoms with Gasteiger partial charge in [0.2, 0.25) is 10.0 Å². The SMILES string of the molecule is O=C(Nc1cc(F)c(F)c(F)c1)c1ccc(CF)c(S(=O)(=O)N2CCCCC(O)C2)c1. The summed E-state index contributed by atoms with van der Waals surface area (Å²) in [7, 11) is -4.23. The van der Waals surface area contributed by atoms with Gasteiger partial charge in [0.1, 0.15) is 6.67 Å². The molecule has 0 aromatic heterocycles. The molecular formula is C20H20F4N2O4S. The molecule has 2 aromatic carbocycles. The molecule has 1 amide bonds. The minimum absolute atomic E-state index is 0.135. The van der Waals surface area contributed by atoms with Crippen LogP contribution in [0.3, 0.4) is 0 Å². The number of hydrogen-bond acceptors (Lipinski definition) is 4. The van der Waals surface area contributed by atoms with Gasteiger partial charge in [0.15, 0.2) is 17.5 Å². The number of aliphatic hydroxyl groups is 1. The molecule has 1 fully saturated rings. The van der Waals surface area contributed by atoms with E-state index in [1.54, 1.807) is 0 Å². The van der Waals surface area contributed by atoms with Crippen LogP contribution in [0.15, 0.2) is 35.2 Å². The normalized spacial score (nSPS) is 17.9. The highest BCUT2D eigenvalue weighted by Crippen LogP contribution is 2.26.